The molecular weight excluding hydrogens is 464 g/mol. The van der Waals surface area contributed by atoms with Crippen LogP contribution in [0.3, 0.4) is 0 Å². The van der Waals surface area contributed by atoms with Gasteiger partial charge < -0.3 is 0 Å². The Bertz CT molecular complexity index is 485. The van der Waals surface area contributed by atoms with Crippen molar-refractivity contribution in [3.05, 3.63) is 68.6 Å². The summed E-state index contributed by atoms with van der Waals surface area (Å²) in [6.45, 7) is 2.16. The first-order valence-corrected chi connectivity index (χ1v) is 8.82. The highest BCUT2D eigenvalue weighted by Crippen LogP contribution is 2.12. The lowest BCUT2D eigenvalue weighted by molar-refractivity contribution is -0.191. The van der Waals surface area contributed by atoms with Gasteiger partial charge in [-0.15, -0.1) is 0 Å². The van der Waals surface area contributed by atoms with E-state index in [0.29, 0.717) is 0 Å². The summed E-state index contributed by atoms with van der Waals surface area (Å²) in [5.41, 5.74) is 2.69. The van der Waals surface area contributed by atoms with Crippen LogP contribution in [0.2, 0.25) is 0 Å². The van der Waals surface area contributed by atoms with Gasteiger partial charge in [-0.05, 0) is 41.8 Å². The minimum atomic E-state index is 0.250. The summed E-state index contributed by atoms with van der Waals surface area (Å²) in [6, 6.07) is 16.6. The lowest BCUT2D eigenvalue weighted by atomic mass is 10.2. The summed E-state index contributed by atoms with van der Waals surface area (Å²) >= 11 is 10.1. The number of alkyl halides is 1. The van der Waals surface area contributed by atoms with Crippen LogP contribution in [0.15, 0.2) is 57.5 Å². The highest BCUT2D eigenvalue weighted by atomic mass is 79.9. The predicted octanol–water partition coefficient (Wildman–Crippen LogP) is 5.77. The molecule has 0 aromatic heterocycles. The lowest BCUT2D eigenvalue weighted by Gasteiger charge is -1.93. The Morgan fingerprint density at radius 2 is 1.14 bits per heavy atom. The van der Waals surface area contributed by atoms with Crippen LogP contribution in [-0.2, 0) is 21.3 Å². The van der Waals surface area contributed by atoms with E-state index in [1.165, 1.54) is 11.1 Å². The normalized spacial score (nSPS) is 8.57. The molecule has 0 N–H and O–H groups in total. The Morgan fingerprint density at radius 1 is 0.810 bits per heavy atom. The van der Waals surface area contributed by atoms with Crippen molar-refractivity contribution in [1.82, 2.24) is 0 Å². The van der Waals surface area contributed by atoms with Gasteiger partial charge in [0.1, 0.15) is 0 Å². The highest BCUT2D eigenvalue weighted by Gasteiger charge is 1.87. The van der Waals surface area contributed by atoms with E-state index in [1.54, 1.807) is 0 Å². The van der Waals surface area contributed by atoms with Crippen molar-refractivity contribution < 1.29 is 9.59 Å². The average Bonchev–Trinajstić information content (AvgIpc) is 2.50. The molecule has 2 aromatic carbocycles. The molecular formula is C16H15Br3O2. The molecule has 0 radical (unpaired) electrons. The third-order valence-electron chi connectivity index (χ3n) is 2.39. The van der Waals surface area contributed by atoms with Crippen molar-refractivity contribution >= 4 is 53.9 Å². The van der Waals surface area contributed by atoms with Crippen LogP contribution in [0.4, 0.5) is 0 Å². The van der Waals surface area contributed by atoms with Crippen molar-refractivity contribution in [2.24, 2.45) is 0 Å². The average molecular weight is 479 g/mol. The maximum Gasteiger partial charge on any atom is 0.373 e. The standard InChI is InChI=1S/C8H9Br.C7H6Br2.CO2/c1-2-7-3-5-8(9)6-4-7;8-5-6-1-3-7(9)4-2-6;2-1-3/h3-6H,2H2,1H3;1-4H,5H2;. The quantitative estimate of drug-likeness (QED) is 0.513. The summed E-state index contributed by atoms with van der Waals surface area (Å²) in [7, 11) is 0. The fraction of sp³-hybridized carbons (Fsp3) is 0.188. The largest absolute Gasteiger partial charge is 0.373 e. The highest BCUT2D eigenvalue weighted by molar-refractivity contribution is 9.10. The summed E-state index contributed by atoms with van der Waals surface area (Å²) in [5, 5.41) is 0.931. The maximum absolute atomic E-state index is 8.12. The van der Waals surface area contributed by atoms with Gasteiger partial charge in [0, 0.05) is 14.3 Å². The van der Waals surface area contributed by atoms with Crippen LogP contribution < -0.4 is 0 Å². The monoisotopic (exact) mass is 476 g/mol. The molecule has 0 saturated carbocycles. The Kier molecular flexibility index (Phi) is 12.5. The SMILES string of the molecule is BrCc1ccc(Br)cc1.CCc1ccc(Br)cc1.O=C=O. The van der Waals surface area contributed by atoms with Gasteiger partial charge in [0.25, 0.3) is 0 Å². The predicted molar refractivity (Wildman–Crippen MR) is 95.3 cm³/mol. The molecule has 0 atom stereocenters. The molecule has 0 fully saturated rings. The first-order valence-electron chi connectivity index (χ1n) is 6.11. The van der Waals surface area contributed by atoms with Crippen LogP contribution in [0.5, 0.6) is 0 Å². The maximum atomic E-state index is 8.12. The Hall–Kier alpha value is -0.740. The second kappa shape index (κ2) is 13.0. The van der Waals surface area contributed by atoms with E-state index in [9.17, 15) is 0 Å². The van der Waals surface area contributed by atoms with Crippen molar-refractivity contribution in [2.45, 2.75) is 18.7 Å². The molecule has 112 valence electrons. The lowest BCUT2D eigenvalue weighted by Crippen LogP contribution is -1.75. The smallest absolute Gasteiger partial charge is 0.186 e. The fourth-order valence-electron chi connectivity index (χ4n) is 1.29. The molecule has 0 heterocycles. The van der Waals surface area contributed by atoms with E-state index < -0.39 is 0 Å². The van der Waals surface area contributed by atoms with Gasteiger partial charge in [0.2, 0.25) is 0 Å². The van der Waals surface area contributed by atoms with Crippen LogP contribution >= 0.6 is 47.8 Å². The second-order valence-electron chi connectivity index (χ2n) is 3.82. The Balaban J connectivity index is 0.000000322. The number of hydrogen-bond acceptors (Lipinski definition) is 2. The summed E-state index contributed by atoms with van der Waals surface area (Å²) < 4.78 is 2.28. The van der Waals surface area contributed by atoms with Crippen molar-refractivity contribution in [2.75, 3.05) is 0 Å². The molecule has 0 aliphatic rings. The molecule has 0 amide bonds. The summed E-state index contributed by atoms with van der Waals surface area (Å²) in [5.74, 6) is 0. The zero-order valence-corrected chi connectivity index (χ0v) is 16.2. The van der Waals surface area contributed by atoms with Gasteiger partial charge in [-0.1, -0.05) is 79.0 Å². The number of rotatable bonds is 2. The van der Waals surface area contributed by atoms with Gasteiger partial charge in [0.05, 0.1) is 0 Å². The first kappa shape index (κ1) is 20.3. The number of halogens is 3. The number of carbonyl (C=O) groups excluding carboxylic acids is 2. The van der Waals surface area contributed by atoms with E-state index >= 15 is 0 Å². The van der Waals surface area contributed by atoms with Crippen molar-refractivity contribution in [3.63, 3.8) is 0 Å². The van der Waals surface area contributed by atoms with E-state index in [0.717, 1.165) is 20.7 Å². The molecule has 0 bridgehead atoms. The summed E-state index contributed by atoms with van der Waals surface area (Å²) in [4.78, 5) is 16.2. The molecule has 0 spiro atoms. The Labute approximate surface area is 150 Å². The Morgan fingerprint density at radius 3 is 1.43 bits per heavy atom. The minimum absolute atomic E-state index is 0.250. The van der Waals surface area contributed by atoms with Crippen molar-refractivity contribution in [3.8, 4) is 0 Å². The number of aryl methyl sites for hydroxylation is 1. The molecule has 0 aliphatic heterocycles. The van der Waals surface area contributed by atoms with E-state index in [-0.39, 0.29) is 6.15 Å². The molecule has 2 rings (SSSR count). The van der Waals surface area contributed by atoms with E-state index in [4.69, 9.17) is 9.59 Å². The second-order valence-corrected chi connectivity index (χ2v) is 6.22. The number of benzene rings is 2. The zero-order chi connectivity index (χ0) is 16.1. The third kappa shape index (κ3) is 10.6. The van der Waals surface area contributed by atoms with Crippen molar-refractivity contribution in [1.29, 1.82) is 0 Å². The van der Waals surface area contributed by atoms with Crippen LogP contribution in [0.25, 0.3) is 0 Å². The molecule has 0 saturated heterocycles. The van der Waals surface area contributed by atoms with Crippen LogP contribution in [-0.4, -0.2) is 6.15 Å². The first-order chi connectivity index (χ1) is 10.1. The van der Waals surface area contributed by atoms with Gasteiger partial charge in [-0.25, -0.2) is 0 Å². The minimum Gasteiger partial charge on any atom is -0.186 e. The number of hydrogen-bond donors (Lipinski definition) is 0. The molecule has 0 aliphatic carbocycles. The van der Waals surface area contributed by atoms with Gasteiger partial charge in [0.15, 0.2) is 0 Å². The molecule has 5 heteroatoms. The van der Waals surface area contributed by atoms with Gasteiger partial charge in [-0.2, -0.15) is 9.59 Å². The van der Waals surface area contributed by atoms with Gasteiger partial charge >= 0.3 is 6.15 Å². The zero-order valence-electron chi connectivity index (χ0n) is 11.5. The molecule has 21 heavy (non-hydrogen) atoms. The third-order valence-corrected chi connectivity index (χ3v) is 4.09. The fourth-order valence-corrected chi connectivity index (χ4v) is 2.20. The van der Waals surface area contributed by atoms with E-state index in [1.807, 2.05) is 12.1 Å². The topological polar surface area (TPSA) is 34.1 Å². The van der Waals surface area contributed by atoms with Crippen LogP contribution in [0, 0.1) is 0 Å². The molecule has 2 nitrogen and oxygen atoms in total. The summed E-state index contributed by atoms with van der Waals surface area (Å²) in [6.07, 6.45) is 1.37. The molecule has 0 unspecified atom stereocenters. The van der Waals surface area contributed by atoms with E-state index in [2.05, 4.69) is 91.1 Å². The van der Waals surface area contributed by atoms with Crippen LogP contribution in [0.1, 0.15) is 18.1 Å². The molecule has 2 aromatic rings. The van der Waals surface area contributed by atoms with Gasteiger partial charge in [-0.3, -0.25) is 0 Å².